The Labute approximate surface area is 204 Å². The summed E-state index contributed by atoms with van der Waals surface area (Å²) in [6.45, 7) is 10.8. The van der Waals surface area contributed by atoms with Gasteiger partial charge in [-0.25, -0.2) is 4.98 Å². The van der Waals surface area contributed by atoms with Gasteiger partial charge >= 0.3 is 0 Å². The van der Waals surface area contributed by atoms with E-state index in [1.54, 1.807) is 6.92 Å². The van der Waals surface area contributed by atoms with Gasteiger partial charge in [0.25, 0.3) is 0 Å². The summed E-state index contributed by atoms with van der Waals surface area (Å²) in [5.41, 5.74) is 3.78. The molecule has 0 unspecified atom stereocenters. The van der Waals surface area contributed by atoms with Crippen LogP contribution in [-0.4, -0.2) is 61.6 Å². The Morgan fingerprint density at radius 2 is 1.91 bits per heavy atom. The number of nitrogens with zero attached hydrogens (tertiary/aromatic N) is 6. The topological polar surface area (TPSA) is 99.4 Å². The molecule has 4 heterocycles. The number of anilines is 2. The van der Waals surface area contributed by atoms with E-state index >= 15 is 0 Å². The van der Waals surface area contributed by atoms with Gasteiger partial charge in [-0.1, -0.05) is 12.1 Å². The van der Waals surface area contributed by atoms with Gasteiger partial charge in [0.15, 0.2) is 0 Å². The number of piperazine rings is 1. The molecule has 0 spiro atoms. The fourth-order valence-electron chi connectivity index (χ4n) is 4.70. The van der Waals surface area contributed by atoms with Gasteiger partial charge < -0.3 is 24.8 Å². The van der Waals surface area contributed by atoms with Crippen LogP contribution in [0.3, 0.4) is 0 Å². The molecule has 1 aliphatic heterocycles. The zero-order chi connectivity index (χ0) is 24.7. The first-order chi connectivity index (χ1) is 16.8. The number of nitrogens with one attached hydrogen (secondary N) is 1. The molecule has 1 saturated heterocycles. The summed E-state index contributed by atoms with van der Waals surface area (Å²) in [7, 11) is 0. The molecule has 0 radical (unpaired) electrons. The molecule has 9 nitrogen and oxygen atoms in total. The number of rotatable bonds is 5. The molecule has 2 N–H and O–H groups in total. The van der Waals surface area contributed by atoms with Gasteiger partial charge in [-0.2, -0.15) is 4.98 Å². The molecule has 4 aromatic rings. The van der Waals surface area contributed by atoms with E-state index in [1.807, 2.05) is 41.8 Å². The van der Waals surface area contributed by atoms with Crippen molar-refractivity contribution in [2.45, 2.75) is 40.3 Å². The summed E-state index contributed by atoms with van der Waals surface area (Å²) in [6.07, 6.45) is 3.72. The van der Waals surface area contributed by atoms with Crippen LogP contribution in [0.25, 0.3) is 21.8 Å². The summed E-state index contributed by atoms with van der Waals surface area (Å²) in [6, 6.07) is 8.37. The fraction of sp³-hybridized carbons (Fsp3) is 0.385. The van der Waals surface area contributed by atoms with Crippen LogP contribution in [0.5, 0.6) is 5.88 Å². The number of amides is 1. The van der Waals surface area contributed by atoms with Crippen molar-refractivity contribution < 1.29 is 9.90 Å². The van der Waals surface area contributed by atoms with Crippen molar-refractivity contribution in [1.82, 2.24) is 24.4 Å². The lowest BCUT2D eigenvalue weighted by molar-refractivity contribution is -0.129. The highest BCUT2D eigenvalue weighted by molar-refractivity contribution is 5.94. The van der Waals surface area contributed by atoms with Crippen molar-refractivity contribution in [3.63, 3.8) is 0 Å². The third-order valence-electron chi connectivity index (χ3n) is 6.64. The first-order valence-corrected chi connectivity index (χ1v) is 12.0. The Morgan fingerprint density at radius 1 is 1.14 bits per heavy atom. The van der Waals surface area contributed by atoms with Crippen LogP contribution < -0.4 is 10.2 Å². The minimum Gasteiger partial charge on any atom is -0.493 e. The molecule has 9 heteroatoms. The summed E-state index contributed by atoms with van der Waals surface area (Å²) < 4.78 is 1.81. The molecule has 3 aromatic heterocycles. The first-order valence-electron chi connectivity index (χ1n) is 12.0. The second-order valence-corrected chi connectivity index (χ2v) is 9.42. The molecule has 0 bridgehead atoms. The number of aryl methyl sites for hydroxylation is 1. The lowest BCUT2D eigenvalue weighted by Crippen LogP contribution is -2.48. The van der Waals surface area contributed by atoms with E-state index in [0.29, 0.717) is 50.0 Å². The Balaban J connectivity index is 1.49. The summed E-state index contributed by atoms with van der Waals surface area (Å²) in [5, 5.41) is 16.3. The Morgan fingerprint density at radius 3 is 2.63 bits per heavy atom. The monoisotopic (exact) mass is 473 g/mol. The fourth-order valence-corrected chi connectivity index (χ4v) is 4.70. The predicted octanol–water partition coefficient (Wildman–Crippen LogP) is 3.86. The molecular formula is C26H31N7O2. The molecule has 0 saturated carbocycles. The van der Waals surface area contributed by atoms with Crippen molar-refractivity contribution in [2.75, 3.05) is 36.4 Å². The standard InChI is InChI=1S/C26H31N7O2/c1-16(2)33-15-21-23(25(33)35)29-26(32-10-8-31(9-11-32)18(4)34)30-24(21)28-14-19-12-17(3)22-20(13-19)6-5-7-27-22/h5-7,12-13,15-16,35H,8-11,14H2,1-4H3,(H,28,29,30). The average molecular weight is 474 g/mol. The highest BCUT2D eigenvalue weighted by Gasteiger charge is 2.24. The van der Waals surface area contributed by atoms with E-state index in [2.05, 4.69) is 40.3 Å². The Bertz CT molecular complexity index is 1400. The third kappa shape index (κ3) is 4.34. The highest BCUT2D eigenvalue weighted by Crippen LogP contribution is 2.34. The molecule has 5 rings (SSSR count). The molecule has 0 atom stereocenters. The Hall–Kier alpha value is -3.88. The van der Waals surface area contributed by atoms with E-state index in [-0.39, 0.29) is 17.8 Å². The van der Waals surface area contributed by atoms with Crippen LogP contribution in [0.15, 0.2) is 36.7 Å². The smallest absolute Gasteiger partial charge is 0.228 e. The third-order valence-corrected chi connectivity index (χ3v) is 6.64. The predicted molar refractivity (Wildman–Crippen MR) is 138 cm³/mol. The van der Waals surface area contributed by atoms with E-state index < -0.39 is 0 Å². The van der Waals surface area contributed by atoms with Crippen LogP contribution in [0, 0.1) is 6.92 Å². The van der Waals surface area contributed by atoms with Gasteiger partial charge in [-0.3, -0.25) is 9.78 Å². The zero-order valence-corrected chi connectivity index (χ0v) is 20.6. The highest BCUT2D eigenvalue weighted by atomic mass is 16.3. The van der Waals surface area contributed by atoms with E-state index in [1.165, 1.54) is 0 Å². The maximum absolute atomic E-state index is 11.7. The molecule has 1 fully saturated rings. The number of fused-ring (bicyclic) bond motifs is 2. The van der Waals surface area contributed by atoms with Gasteiger partial charge in [0, 0.05) is 63.5 Å². The van der Waals surface area contributed by atoms with Crippen LogP contribution >= 0.6 is 0 Å². The number of carbonyl (C=O) groups excluding carboxylic acids is 1. The van der Waals surface area contributed by atoms with Gasteiger partial charge in [0.1, 0.15) is 11.3 Å². The average Bonchev–Trinajstić information content (AvgIpc) is 3.19. The molecule has 35 heavy (non-hydrogen) atoms. The molecule has 182 valence electrons. The first kappa shape index (κ1) is 22.9. The van der Waals surface area contributed by atoms with Gasteiger partial charge in [-0.05, 0) is 44.0 Å². The number of hydrogen-bond donors (Lipinski definition) is 2. The van der Waals surface area contributed by atoms with Crippen LogP contribution in [0.4, 0.5) is 11.8 Å². The molecule has 1 aromatic carbocycles. The molecule has 0 aliphatic carbocycles. The van der Waals surface area contributed by atoms with Crippen LogP contribution in [0.2, 0.25) is 0 Å². The number of aromatic hydroxyl groups is 1. The van der Waals surface area contributed by atoms with Gasteiger partial charge in [0.2, 0.25) is 17.7 Å². The summed E-state index contributed by atoms with van der Waals surface area (Å²) in [4.78, 5) is 29.7. The second kappa shape index (κ2) is 9.05. The van der Waals surface area contributed by atoms with Gasteiger partial charge in [-0.15, -0.1) is 0 Å². The van der Waals surface area contributed by atoms with Crippen molar-refractivity contribution >= 4 is 39.5 Å². The van der Waals surface area contributed by atoms with Crippen LogP contribution in [0.1, 0.15) is 37.9 Å². The number of carbonyl (C=O) groups is 1. The quantitative estimate of drug-likeness (QED) is 0.454. The number of hydrogen-bond acceptors (Lipinski definition) is 7. The largest absolute Gasteiger partial charge is 0.493 e. The number of pyridine rings is 1. The number of benzene rings is 1. The van der Waals surface area contributed by atoms with Crippen molar-refractivity contribution in [1.29, 1.82) is 0 Å². The number of aromatic nitrogens is 4. The minimum atomic E-state index is 0.0789. The van der Waals surface area contributed by atoms with Crippen molar-refractivity contribution in [3.8, 4) is 5.88 Å². The Kier molecular flexibility index (Phi) is 5.92. The lowest BCUT2D eigenvalue weighted by atomic mass is 10.1. The van der Waals surface area contributed by atoms with Crippen LogP contribution in [-0.2, 0) is 11.3 Å². The van der Waals surface area contributed by atoms with Crippen molar-refractivity contribution in [2.24, 2.45) is 0 Å². The second-order valence-electron chi connectivity index (χ2n) is 9.42. The maximum Gasteiger partial charge on any atom is 0.228 e. The van der Waals surface area contributed by atoms with Crippen molar-refractivity contribution in [3.05, 3.63) is 47.8 Å². The molecule has 1 amide bonds. The summed E-state index contributed by atoms with van der Waals surface area (Å²) >= 11 is 0. The maximum atomic E-state index is 11.7. The van der Waals surface area contributed by atoms with E-state index in [9.17, 15) is 9.90 Å². The van der Waals surface area contributed by atoms with Gasteiger partial charge in [0.05, 0.1) is 10.9 Å². The SMILES string of the molecule is CC(=O)N1CCN(c2nc(NCc3cc(C)c4ncccc4c3)c3cn(C(C)C)c(O)c3n2)CC1. The summed E-state index contributed by atoms with van der Waals surface area (Å²) in [5.74, 6) is 1.45. The minimum absolute atomic E-state index is 0.0789. The lowest BCUT2D eigenvalue weighted by Gasteiger charge is -2.34. The zero-order valence-electron chi connectivity index (χ0n) is 20.6. The van der Waals surface area contributed by atoms with E-state index in [0.717, 1.165) is 27.4 Å². The van der Waals surface area contributed by atoms with E-state index in [4.69, 9.17) is 9.97 Å². The normalized spacial score (nSPS) is 14.3. The molecule has 1 aliphatic rings. The molecular weight excluding hydrogens is 442 g/mol.